The summed E-state index contributed by atoms with van der Waals surface area (Å²) in [5.74, 6) is 1.12. The minimum Gasteiger partial charge on any atom is -0.497 e. The lowest BCUT2D eigenvalue weighted by molar-refractivity contribution is 0.416. The summed E-state index contributed by atoms with van der Waals surface area (Å²) in [6.07, 6.45) is 5.31. The number of hydrogen-bond donors (Lipinski definition) is 2. The molecule has 0 spiro atoms. The zero-order valence-electron chi connectivity index (χ0n) is 15.1. The lowest BCUT2D eigenvalue weighted by Gasteiger charge is -2.17. The normalized spacial score (nSPS) is 10.9. The lowest BCUT2D eigenvalue weighted by atomic mass is 9.63. The van der Waals surface area contributed by atoms with Crippen molar-refractivity contribution in [2.24, 2.45) is 0 Å². The number of anilines is 1. The van der Waals surface area contributed by atoms with Crippen molar-refractivity contribution in [3.63, 3.8) is 0 Å². The second-order valence-electron chi connectivity index (χ2n) is 6.37. The highest BCUT2D eigenvalue weighted by atomic mass is 16.5. The van der Waals surface area contributed by atoms with Crippen molar-refractivity contribution in [3.8, 4) is 22.6 Å². The molecule has 0 bridgehead atoms. The first-order valence-corrected chi connectivity index (χ1v) is 8.63. The summed E-state index contributed by atoms with van der Waals surface area (Å²) in [5, 5.41) is 16.5. The summed E-state index contributed by atoms with van der Waals surface area (Å²) in [7, 11) is 1.60. The number of pyridine rings is 1. The molecule has 0 radical (unpaired) electrons. The summed E-state index contributed by atoms with van der Waals surface area (Å²) in [4.78, 5) is 4.14. The third-order valence-electron chi connectivity index (χ3n) is 4.66. The summed E-state index contributed by atoms with van der Waals surface area (Å²) < 4.78 is 7.28. The van der Waals surface area contributed by atoms with Gasteiger partial charge in [-0.05, 0) is 34.6 Å². The fraction of sp³-hybridized carbons (Fsp3) is 0.100. The van der Waals surface area contributed by atoms with Crippen LogP contribution in [0.3, 0.4) is 0 Å². The molecule has 0 atom stereocenters. The van der Waals surface area contributed by atoms with Gasteiger partial charge in [-0.3, -0.25) is 0 Å². The summed E-state index contributed by atoms with van der Waals surface area (Å²) in [5.41, 5.74) is 9.49. The van der Waals surface area contributed by atoms with Gasteiger partial charge < -0.3 is 15.5 Å². The molecule has 3 N–H and O–H groups in total. The number of rotatable bonds is 4. The van der Waals surface area contributed by atoms with Gasteiger partial charge in [0, 0.05) is 35.6 Å². The van der Waals surface area contributed by atoms with E-state index in [0.717, 1.165) is 33.0 Å². The summed E-state index contributed by atoms with van der Waals surface area (Å²) >= 11 is 0. The number of ether oxygens (including phenoxy) is 1. The van der Waals surface area contributed by atoms with Crippen molar-refractivity contribution in [1.82, 2.24) is 14.8 Å². The number of nitrogen functional groups attached to an aromatic ring is 1. The van der Waals surface area contributed by atoms with Crippen LogP contribution in [0.1, 0.15) is 0 Å². The van der Waals surface area contributed by atoms with Crippen LogP contribution in [-0.2, 0) is 0 Å². The van der Waals surface area contributed by atoms with Crippen molar-refractivity contribution in [2.75, 3.05) is 12.8 Å². The molecule has 2 aromatic heterocycles. The second-order valence-corrected chi connectivity index (χ2v) is 6.37. The van der Waals surface area contributed by atoms with Crippen LogP contribution < -0.4 is 15.9 Å². The highest BCUT2D eigenvalue weighted by molar-refractivity contribution is 6.66. The van der Waals surface area contributed by atoms with E-state index in [2.05, 4.69) is 16.1 Å². The zero-order valence-corrected chi connectivity index (χ0v) is 15.1. The number of methoxy groups -OCH3 is 1. The van der Waals surface area contributed by atoms with Gasteiger partial charge in [-0.25, -0.2) is 9.67 Å². The van der Waals surface area contributed by atoms with Gasteiger partial charge in [-0.15, -0.1) is 0 Å². The van der Waals surface area contributed by atoms with E-state index in [1.165, 1.54) is 0 Å². The van der Waals surface area contributed by atoms with Crippen molar-refractivity contribution in [2.45, 2.75) is 6.82 Å². The molecule has 7 heteroatoms. The maximum absolute atomic E-state index is 10.2. The molecule has 134 valence electrons. The SMILES string of the molecule is COc1cc(-n2cccn2)c(-c2ccc3c(N)nccc3c2)cc1B(C)O. The van der Waals surface area contributed by atoms with Crippen molar-refractivity contribution in [3.05, 3.63) is 61.1 Å². The fourth-order valence-corrected chi connectivity index (χ4v) is 3.29. The van der Waals surface area contributed by atoms with Gasteiger partial charge in [0.1, 0.15) is 11.6 Å². The summed E-state index contributed by atoms with van der Waals surface area (Å²) in [6, 6.07) is 13.7. The van der Waals surface area contributed by atoms with Crippen LogP contribution in [0.25, 0.3) is 27.6 Å². The molecule has 0 aliphatic carbocycles. The molecule has 0 fully saturated rings. The molecule has 2 aromatic carbocycles. The first kappa shape index (κ1) is 17.1. The highest BCUT2D eigenvalue weighted by Crippen LogP contribution is 2.32. The van der Waals surface area contributed by atoms with Crippen molar-refractivity contribution in [1.29, 1.82) is 0 Å². The maximum atomic E-state index is 10.2. The average molecular weight is 358 g/mol. The lowest BCUT2D eigenvalue weighted by Crippen LogP contribution is -2.28. The third kappa shape index (κ3) is 3.02. The minimum atomic E-state index is -0.661. The zero-order chi connectivity index (χ0) is 19.0. The van der Waals surface area contributed by atoms with E-state index in [1.807, 2.05) is 42.6 Å². The smallest absolute Gasteiger partial charge is 0.324 e. The van der Waals surface area contributed by atoms with Gasteiger partial charge in [0.05, 0.1) is 12.8 Å². The third-order valence-corrected chi connectivity index (χ3v) is 4.66. The van der Waals surface area contributed by atoms with E-state index in [0.29, 0.717) is 11.6 Å². The Labute approximate surface area is 157 Å². The summed E-state index contributed by atoms with van der Waals surface area (Å²) in [6.45, 7) is 1.06. The largest absolute Gasteiger partial charge is 0.497 e. The molecule has 2 heterocycles. The molecule has 4 aromatic rings. The van der Waals surface area contributed by atoms with Crippen LogP contribution in [0.2, 0.25) is 6.82 Å². The molecule has 0 saturated heterocycles. The number of fused-ring (bicyclic) bond motifs is 1. The van der Waals surface area contributed by atoms with E-state index < -0.39 is 6.92 Å². The van der Waals surface area contributed by atoms with Crippen LogP contribution in [0.15, 0.2) is 61.1 Å². The van der Waals surface area contributed by atoms with E-state index in [4.69, 9.17) is 10.5 Å². The van der Waals surface area contributed by atoms with Gasteiger partial charge in [-0.1, -0.05) is 25.0 Å². The Morgan fingerprint density at radius 1 is 1.15 bits per heavy atom. The van der Waals surface area contributed by atoms with Gasteiger partial charge >= 0.3 is 6.92 Å². The van der Waals surface area contributed by atoms with Crippen molar-refractivity contribution < 1.29 is 9.76 Å². The Morgan fingerprint density at radius 3 is 2.70 bits per heavy atom. The van der Waals surface area contributed by atoms with E-state index >= 15 is 0 Å². The topological polar surface area (TPSA) is 86.2 Å². The number of benzene rings is 2. The Balaban J connectivity index is 1.99. The molecule has 0 saturated carbocycles. The maximum Gasteiger partial charge on any atom is 0.324 e. The molecular formula is C20H19BN4O2. The predicted octanol–water partition coefficient (Wildman–Crippen LogP) is 2.50. The van der Waals surface area contributed by atoms with Gasteiger partial charge in [0.15, 0.2) is 0 Å². The van der Waals surface area contributed by atoms with Crippen LogP contribution in [0.4, 0.5) is 5.82 Å². The average Bonchev–Trinajstić information content (AvgIpc) is 3.21. The standard InChI is InChI=1S/C20H19BN4O2/c1-21(26)17-11-16(18(12-19(17)27-2)25-9-3-7-24-25)13-4-5-15-14(10-13)6-8-23-20(15)22/h3-12,26H,1-2H3,(H2,22,23). The number of hydrogen-bond acceptors (Lipinski definition) is 5. The Kier molecular flexibility index (Phi) is 4.29. The van der Waals surface area contributed by atoms with Crippen molar-refractivity contribution >= 4 is 29.0 Å². The Morgan fingerprint density at radius 2 is 2.00 bits per heavy atom. The molecule has 0 amide bonds. The quantitative estimate of drug-likeness (QED) is 0.548. The first-order valence-electron chi connectivity index (χ1n) is 8.63. The monoisotopic (exact) mass is 358 g/mol. The van der Waals surface area contributed by atoms with Gasteiger partial charge in [-0.2, -0.15) is 5.10 Å². The molecule has 4 rings (SSSR count). The minimum absolute atomic E-state index is 0.505. The Hall–Kier alpha value is -3.32. The van der Waals surface area contributed by atoms with Crippen LogP contribution in [-0.4, -0.2) is 33.8 Å². The molecular weight excluding hydrogens is 339 g/mol. The second kappa shape index (κ2) is 6.77. The molecule has 6 nitrogen and oxygen atoms in total. The Bertz CT molecular complexity index is 1110. The van der Waals surface area contributed by atoms with E-state index in [-0.39, 0.29) is 0 Å². The molecule has 0 unspecified atom stereocenters. The number of aromatic nitrogens is 3. The first-order chi connectivity index (χ1) is 13.1. The van der Waals surface area contributed by atoms with Gasteiger partial charge in [0.2, 0.25) is 0 Å². The van der Waals surface area contributed by atoms with Gasteiger partial charge in [0.25, 0.3) is 0 Å². The van der Waals surface area contributed by atoms with Crippen LogP contribution in [0.5, 0.6) is 5.75 Å². The molecule has 0 aliphatic rings. The predicted molar refractivity (Wildman–Crippen MR) is 109 cm³/mol. The fourth-order valence-electron chi connectivity index (χ4n) is 3.29. The van der Waals surface area contributed by atoms with E-state index in [9.17, 15) is 5.02 Å². The molecule has 0 aliphatic heterocycles. The van der Waals surface area contributed by atoms with Crippen LogP contribution in [0, 0.1) is 0 Å². The van der Waals surface area contributed by atoms with Crippen LogP contribution >= 0.6 is 0 Å². The number of nitrogens with zero attached hydrogens (tertiary/aromatic N) is 3. The highest BCUT2D eigenvalue weighted by Gasteiger charge is 2.19. The molecule has 27 heavy (non-hydrogen) atoms. The van der Waals surface area contributed by atoms with E-state index in [1.54, 1.807) is 31.0 Å². The number of nitrogens with two attached hydrogens (primary N) is 1.